The van der Waals surface area contributed by atoms with Crippen molar-refractivity contribution in [2.75, 3.05) is 13.2 Å². The highest BCUT2D eigenvalue weighted by Gasteiger charge is 1.98. The lowest BCUT2D eigenvalue weighted by atomic mass is 10.1. The number of hydrogen-bond acceptors (Lipinski definition) is 2. The molecule has 0 aromatic heterocycles. The molecule has 0 aliphatic carbocycles. The van der Waals surface area contributed by atoms with E-state index < -0.39 is 0 Å². The molecular weight excluding hydrogens is 178 g/mol. The number of unbranched alkanes of at least 4 members (excludes halogenated alkanes) is 3. The maximum Gasteiger partial charge on any atom is 0.220 e. The average molecular weight is 205 g/mol. The number of carbonyl (C=O) groups is 1. The first kappa shape index (κ1) is 15.9. The number of hydrogen-bond donors (Lipinski definition) is 2. The van der Waals surface area contributed by atoms with Crippen LogP contribution in [0.4, 0.5) is 0 Å². The Morgan fingerprint density at radius 2 is 1.93 bits per heavy atom. The summed E-state index contributed by atoms with van der Waals surface area (Å²) < 4.78 is 0. The van der Waals surface area contributed by atoms with Gasteiger partial charge in [0.2, 0.25) is 5.91 Å². The Hall–Kier alpha value is -0.570. The van der Waals surface area contributed by atoms with Gasteiger partial charge in [-0.25, -0.2) is 0 Å². The maximum absolute atomic E-state index is 10.9. The van der Waals surface area contributed by atoms with Crippen LogP contribution >= 0.6 is 0 Å². The highest BCUT2D eigenvalue weighted by Crippen LogP contribution is 2.01. The number of amides is 1. The van der Waals surface area contributed by atoms with Crippen molar-refractivity contribution in [2.45, 2.75) is 52.9 Å². The van der Waals surface area contributed by atoms with Gasteiger partial charge in [0, 0.05) is 14.4 Å². The van der Waals surface area contributed by atoms with Gasteiger partial charge in [0.25, 0.3) is 0 Å². The van der Waals surface area contributed by atoms with Crippen LogP contribution < -0.4 is 5.32 Å². The summed E-state index contributed by atoms with van der Waals surface area (Å²) in [6.07, 6.45) is 5.08. The number of aliphatic hydroxyl groups excluding tert-OH is 1. The fourth-order valence-electron chi connectivity index (χ4n) is 0.996. The Balaban J connectivity index is -0.000000449. The first-order valence-electron chi connectivity index (χ1n) is 5.68. The van der Waals surface area contributed by atoms with Crippen LogP contribution in [0.15, 0.2) is 0 Å². The van der Waals surface area contributed by atoms with Crippen LogP contribution in [0.5, 0.6) is 0 Å². The van der Waals surface area contributed by atoms with Gasteiger partial charge in [0.05, 0.1) is 6.61 Å². The normalized spacial score (nSPS) is 8.86. The summed E-state index contributed by atoms with van der Waals surface area (Å²) in [5.41, 5.74) is 0. The average Bonchev–Trinajstić information content (AvgIpc) is 2.24. The molecule has 14 heavy (non-hydrogen) atoms. The summed E-state index contributed by atoms with van der Waals surface area (Å²) in [4.78, 5) is 10.9. The molecule has 0 spiro atoms. The minimum absolute atomic E-state index is 0. The third-order valence-corrected chi connectivity index (χ3v) is 1.69. The van der Waals surface area contributed by atoms with Crippen molar-refractivity contribution in [3.8, 4) is 0 Å². The van der Waals surface area contributed by atoms with Crippen molar-refractivity contribution in [1.82, 2.24) is 5.32 Å². The van der Waals surface area contributed by atoms with Gasteiger partial charge in [-0.05, 0) is 6.42 Å². The van der Waals surface area contributed by atoms with Crippen molar-refractivity contribution in [2.24, 2.45) is 0 Å². The van der Waals surface area contributed by atoms with Crippen LogP contribution in [-0.2, 0) is 4.79 Å². The van der Waals surface area contributed by atoms with Crippen LogP contribution in [-0.4, -0.2) is 24.2 Å². The van der Waals surface area contributed by atoms with Crippen molar-refractivity contribution < 1.29 is 11.3 Å². The van der Waals surface area contributed by atoms with E-state index in [2.05, 4.69) is 12.2 Å². The minimum atomic E-state index is 0. The Bertz CT molecular complexity index is 121. The second-order valence-corrected chi connectivity index (χ2v) is 2.88. The van der Waals surface area contributed by atoms with Crippen LogP contribution in [0.2, 0.25) is 0 Å². The third-order valence-electron chi connectivity index (χ3n) is 1.69. The van der Waals surface area contributed by atoms with Gasteiger partial charge < -0.3 is 10.4 Å². The molecule has 0 unspecified atom stereocenters. The predicted octanol–water partition coefficient (Wildman–Crippen LogP) is 2.34. The molecule has 0 bridgehead atoms. The molecular formula is C11H27NO2. The van der Waals surface area contributed by atoms with E-state index in [0.29, 0.717) is 13.0 Å². The molecule has 0 saturated carbocycles. The molecule has 0 heterocycles. The fraction of sp³-hybridized carbons (Fsp3) is 0.909. The van der Waals surface area contributed by atoms with E-state index in [1.165, 1.54) is 12.8 Å². The van der Waals surface area contributed by atoms with Gasteiger partial charge in [-0.2, -0.15) is 0 Å². The molecule has 0 saturated heterocycles. The smallest absolute Gasteiger partial charge is 0.220 e. The molecule has 2 N–H and O–H groups in total. The standard InChI is InChI=1S/C9H19NO2.C2H6.H2/c1-2-3-4-5-6-9(12)10-7-8-11;1-2;/h11H,2-8H2,1H3,(H,10,12);1-2H3;1H. The quantitative estimate of drug-likeness (QED) is 0.627. The van der Waals surface area contributed by atoms with Crippen molar-refractivity contribution in [3.05, 3.63) is 0 Å². The molecule has 0 rings (SSSR count). The lowest BCUT2D eigenvalue weighted by Crippen LogP contribution is -2.25. The Morgan fingerprint density at radius 3 is 2.43 bits per heavy atom. The molecule has 3 nitrogen and oxygen atoms in total. The van der Waals surface area contributed by atoms with Gasteiger partial charge in [0.15, 0.2) is 0 Å². The topological polar surface area (TPSA) is 49.3 Å². The summed E-state index contributed by atoms with van der Waals surface area (Å²) in [5.74, 6) is 0.0557. The Kier molecular flexibility index (Phi) is 16.9. The lowest BCUT2D eigenvalue weighted by molar-refractivity contribution is -0.121. The zero-order valence-corrected chi connectivity index (χ0v) is 9.81. The zero-order valence-electron chi connectivity index (χ0n) is 9.81. The number of carbonyl (C=O) groups excluding carboxylic acids is 1. The van der Waals surface area contributed by atoms with Gasteiger partial charge in [-0.3, -0.25) is 4.79 Å². The first-order valence-corrected chi connectivity index (χ1v) is 5.68. The summed E-state index contributed by atoms with van der Waals surface area (Å²) in [6.45, 7) is 6.55. The predicted molar refractivity (Wildman–Crippen MR) is 62.3 cm³/mol. The molecule has 1 amide bonds. The summed E-state index contributed by atoms with van der Waals surface area (Å²) >= 11 is 0. The first-order chi connectivity index (χ1) is 6.81. The second-order valence-electron chi connectivity index (χ2n) is 2.88. The van der Waals surface area contributed by atoms with Gasteiger partial charge in [-0.1, -0.05) is 40.0 Å². The number of nitrogens with one attached hydrogen (secondary N) is 1. The SMILES string of the molecule is CC.CCCCCCC(=O)NCCO.[HH]. The lowest BCUT2D eigenvalue weighted by Gasteiger charge is -2.01. The highest BCUT2D eigenvalue weighted by atomic mass is 16.3. The molecule has 3 heteroatoms. The van der Waals surface area contributed by atoms with E-state index >= 15 is 0 Å². The summed E-state index contributed by atoms with van der Waals surface area (Å²) in [6, 6.07) is 0. The summed E-state index contributed by atoms with van der Waals surface area (Å²) in [7, 11) is 0. The van der Waals surface area contributed by atoms with Crippen LogP contribution in [0.1, 0.15) is 54.3 Å². The van der Waals surface area contributed by atoms with Crippen molar-refractivity contribution in [3.63, 3.8) is 0 Å². The van der Waals surface area contributed by atoms with Crippen LogP contribution in [0.25, 0.3) is 0 Å². The van der Waals surface area contributed by atoms with Crippen molar-refractivity contribution in [1.29, 1.82) is 0 Å². The van der Waals surface area contributed by atoms with E-state index in [4.69, 9.17) is 5.11 Å². The zero-order chi connectivity index (χ0) is 11.2. The third kappa shape index (κ3) is 14.0. The Morgan fingerprint density at radius 1 is 1.29 bits per heavy atom. The molecule has 88 valence electrons. The maximum atomic E-state index is 10.9. The van der Waals surface area contributed by atoms with Gasteiger partial charge in [0.1, 0.15) is 0 Å². The molecule has 0 aromatic rings. The Labute approximate surface area is 89.4 Å². The molecule has 0 atom stereocenters. The molecule has 0 radical (unpaired) electrons. The van der Waals surface area contributed by atoms with E-state index in [0.717, 1.165) is 12.8 Å². The summed E-state index contributed by atoms with van der Waals surface area (Å²) in [5, 5.41) is 11.0. The number of aliphatic hydroxyl groups is 1. The highest BCUT2D eigenvalue weighted by molar-refractivity contribution is 5.75. The van der Waals surface area contributed by atoms with E-state index in [9.17, 15) is 4.79 Å². The fourth-order valence-corrected chi connectivity index (χ4v) is 0.996. The molecule has 0 aliphatic rings. The van der Waals surface area contributed by atoms with Crippen LogP contribution in [0.3, 0.4) is 0 Å². The van der Waals surface area contributed by atoms with E-state index in [1.54, 1.807) is 0 Å². The van der Waals surface area contributed by atoms with Crippen molar-refractivity contribution >= 4 is 5.91 Å². The van der Waals surface area contributed by atoms with Gasteiger partial charge in [-0.15, -0.1) is 0 Å². The largest absolute Gasteiger partial charge is 0.395 e. The minimum Gasteiger partial charge on any atom is -0.395 e. The second kappa shape index (κ2) is 14.9. The van der Waals surface area contributed by atoms with E-state index in [1.807, 2.05) is 13.8 Å². The molecule has 0 aliphatic heterocycles. The van der Waals surface area contributed by atoms with Crippen LogP contribution in [0, 0.1) is 0 Å². The molecule has 0 fully saturated rings. The number of rotatable bonds is 7. The molecule has 0 aromatic carbocycles. The monoisotopic (exact) mass is 205 g/mol. The van der Waals surface area contributed by atoms with E-state index in [-0.39, 0.29) is 13.9 Å². The van der Waals surface area contributed by atoms with Gasteiger partial charge >= 0.3 is 0 Å².